The normalized spacial score (nSPS) is 16.9. The van der Waals surface area contributed by atoms with Crippen molar-refractivity contribution in [2.24, 2.45) is 0 Å². The average molecular weight is 207 g/mol. The summed E-state index contributed by atoms with van der Waals surface area (Å²) in [6.45, 7) is 3.15. The molecule has 5 heteroatoms. The molecule has 1 amide bonds. The molecule has 0 aliphatic carbocycles. The first kappa shape index (κ1) is 9.92. The van der Waals surface area contributed by atoms with E-state index in [4.69, 9.17) is 10.5 Å². The maximum absolute atomic E-state index is 11.5. The van der Waals surface area contributed by atoms with Crippen molar-refractivity contribution in [2.75, 3.05) is 30.4 Å². The van der Waals surface area contributed by atoms with Crippen molar-refractivity contribution in [3.63, 3.8) is 0 Å². The van der Waals surface area contributed by atoms with E-state index in [1.54, 1.807) is 11.1 Å². The van der Waals surface area contributed by atoms with E-state index in [9.17, 15) is 4.79 Å². The third kappa shape index (κ3) is 1.92. The summed E-state index contributed by atoms with van der Waals surface area (Å²) >= 11 is 0. The molecule has 1 aromatic rings. The van der Waals surface area contributed by atoms with Crippen LogP contribution in [0.15, 0.2) is 12.3 Å². The van der Waals surface area contributed by atoms with Crippen LogP contribution in [0.25, 0.3) is 0 Å². The van der Waals surface area contributed by atoms with Gasteiger partial charge in [-0.25, -0.2) is 4.98 Å². The van der Waals surface area contributed by atoms with Gasteiger partial charge in [0.2, 0.25) is 0 Å². The van der Waals surface area contributed by atoms with Gasteiger partial charge in [0.15, 0.2) is 0 Å². The van der Waals surface area contributed by atoms with E-state index in [0.29, 0.717) is 19.0 Å². The fourth-order valence-electron chi connectivity index (χ4n) is 1.51. The number of morpholine rings is 1. The molecule has 1 fully saturated rings. The molecule has 0 aromatic carbocycles. The highest BCUT2D eigenvalue weighted by molar-refractivity contribution is 5.94. The van der Waals surface area contributed by atoms with E-state index < -0.39 is 0 Å². The van der Waals surface area contributed by atoms with Crippen molar-refractivity contribution in [3.8, 4) is 0 Å². The van der Waals surface area contributed by atoms with Crippen molar-refractivity contribution in [3.05, 3.63) is 17.8 Å². The van der Waals surface area contributed by atoms with Gasteiger partial charge in [0, 0.05) is 6.54 Å². The SMILES string of the molecule is Cc1cc(N2CCOCC2=O)cnc1N. The largest absolute Gasteiger partial charge is 0.383 e. The zero-order chi connectivity index (χ0) is 10.8. The van der Waals surface area contributed by atoms with Gasteiger partial charge < -0.3 is 15.4 Å². The summed E-state index contributed by atoms with van der Waals surface area (Å²) in [6, 6.07) is 1.87. The summed E-state index contributed by atoms with van der Waals surface area (Å²) in [6.07, 6.45) is 1.62. The molecule has 0 spiro atoms. The standard InChI is InChI=1S/C10H13N3O2/c1-7-4-8(5-12-10(7)11)13-2-3-15-6-9(13)14/h4-5H,2-3,6H2,1H3,(H2,11,12). The molecule has 15 heavy (non-hydrogen) atoms. The molecule has 1 aliphatic heterocycles. The Morgan fingerprint density at radius 3 is 3.07 bits per heavy atom. The van der Waals surface area contributed by atoms with Crippen molar-refractivity contribution >= 4 is 17.4 Å². The smallest absolute Gasteiger partial charge is 0.253 e. The van der Waals surface area contributed by atoms with Gasteiger partial charge in [0.1, 0.15) is 12.4 Å². The molecular weight excluding hydrogens is 194 g/mol. The first-order valence-corrected chi connectivity index (χ1v) is 4.78. The van der Waals surface area contributed by atoms with Crippen LogP contribution in [0.4, 0.5) is 11.5 Å². The molecule has 0 saturated carbocycles. The maximum Gasteiger partial charge on any atom is 0.253 e. The third-order valence-electron chi connectivity index (χ3n) is 2.40. The molecule has 0 bridgehead atoms. The van der Waals surface area contributed by atoms with Gasteiger partial charge in [0.05, 0.1) is 18.5 Å². The van der Waals surface area contributed by atoms with Crippen LogP contribution in [0.1, 0.15) is 5.56 Å². The summed E-state index contributed by atoms with van der Waals surface area (Å²) in [7, 11) is 0. The number of nitrogens with zero attached hydrogens (tertiary/aromatic N) is 2. The molecule has 80 valence electrons. The number of carbonyl (C=O) groups excluding carboxylic acids is 1. The highest BCUT2D eigenvalue weighted by Gasteiger charge is 2.20. The highest BCUT2D eigenvalue weighted by atomic mass is 16.5. The Balaban J connectivity index is 2.28. The molecule has 0 radical (unpaired) electrons. The Kier molecular flexibility index (Phi) is 2.55. The van der Waals surface area contributed by atoms with Crippen molar-refractivity contribution < 1.29 is 9.53 Å². The second-order valence-electron chi connectivity index (χ2n) is 3.49. The fraction of sp³-hybridized carbons (Fsp3) is 0.400. The minimum Gasteiger partial charge on any atom is -0.383 e. The second kappa shape index (κ2) is 3.86. The summed E-state index contributed by atoms with van der Waals surface area (Å²) in [4.78, 5) is 17.2. The van der Waals surface area contributed by atoms with Crippen LogP contribution in [0, 0.1) is 6.92 Å². The lowest BCUT2D eigenvalue weighted by Crippen LogP contribution is -2.41. The Morgan fingerprint density at radius 1 is 1.60 bits per heavy atom. The van der Waals surface area contributed by atoms with E-state index in [2.05, 4.69) is 4.98 Å². The predicted molar refractivity (Wildman–Crippen MR) is 56.6 cm³/mol. The Morgan fingerprint density at radius 2 is 2.40 bits per heavy atom. The van der Waals surface area contributed by atoms with Crippen molar-refractivity contribution in [2.45, 2.75) is 6.92 Å². The number of aryl methyl sites for hydroxylation is 1. The maximum atomic E-state index is 11.5. The fourth-order valence-corrected chi connectivity index (χ4v) is 1.51. The van der Waals surface area contributed by atoms with Crippen LogP contribution in [0.5, 0.6) is 0 Å². The van der Waals surface area contributed by atoms with Crippen LogP contribution in [-0.2, 0) is 9.53 Å². The summed E-state index contributed by atoms with van der Waals surface area (Å²) in [5.74, 6) is 0.465. The highest BCUT2D eigenvalue weighted by Crippen LogP contribution is 2.19. The topological polar surface area (TPSA) is 68.5 Å². The zero-order valence-electron chi connectivity index (χ0n) is 8.56. The number of hydrogen-bond donors (Lipinski definition) is 1. The lowest BCUT2D eigenvalue weighted by Gasteiger charge is -2.26. The number of nitrogen functional groups attached to an aromatic ring is 1. The first-order valence-electron chi connectivity index (χ1n) is 4.78. The monoisotopic (exact) mass is 207 g/mol. The molecule has 2 heterocycles. The van der Waals surface area contributed by atoms with Crippen molar-refractivity contribution in [1.29, 1.82) is 0 Å². The number of anilines is 2. The molecule has 2 N–H and O–H groups in total. The van der Waals surface area contributed by atoms with Gasteiger partial charge >= 0.3 is 0 Å². The van der Waals surface area contributed by atoms with Gasteiger partial charge in [-0.3, -0.25) is 4.79 Å². The number of pyridine rings is 1. The number of nitrogens with two attached hydrogens (primary N) is 1. The Hall–Kier alpha value is -1.62. The molecule has 0 atom stereocenters. The Bertz CT molecular complexity index is 392. The van der Waals surface area contributed by atoms with Gasteiger partial charge in [-0.15, -0.1) is 0 Å². The van der Waals surface area contributed by atoms with Crippen molar-refractivity contribution in [1.82, 2.24) is 4.98 Å². The summed E-state index contributed by atoms with van der Waals surface area (Å²) in [5.41, 5.74) is 7.28. The number of carbonyl (C=O) groups is 1. The van der Waals surface area contributed by atoms with E-state index in [1.165, 1.54) is 0 Å². The van der Waals surface area contributed by atoms with Gasteiger partial charge in [-0.05, 0) is 18.6 Å². The van der Waals surface area contributed by atoms with E-state index in [1.807, 2.05) is 13.0 Å². The van der Waals surface area contributed by atoms with Crippen LogP contribution >= 0.6 is 0 Å². The molecule has 1 aromatic heterocycles. The number of aromatic nitrogens is 1. The lowest BCUT2D eigenvalue weighted by molar-refractivity contribution is -0.125. The molecular formula is C10H13N3O2. The van der Waals surface area contributed by atoms with Crippen LogP contribution in [0.3, 0.4) is 0 Å². The Labute approximate surface area is 87.8 Å². The number of ether oxygens (including phenoxy) is 1. The van der Waals surface area contributed by atoms with Crippen LogP contribution < -0.4 is 10.6 Å². The minimum absolute atomic E-state index is 0.0350. The predicted octanol–water partition coefficient (Wildman–Crippen LogP) is 0.335. The van der Waals surface area contributed by atoms with Gasteiger partial charge in [0.25, 0.3) is 5.91 Å². The lowest BCUT2D eigenvalue weighted by atomic mass is 10.2. The van der Waals surface area contributed by atoms with E-state index in [0.717, 1.165) is 11.3 Å². The van der Waals surface area contributed by atoms with Gasteiger partial charge in [-0.2, -0.15) is 0 Å². The quantitative estimate of drug-likeness (QED) is 0.720. The minimum atomic E-state index is -0.0350. The summed E-state index contributed by atoms with van der Waals surface area (Å²) in [5, 5.41) is 0. The first-order chi connectivity index (χ1) is 7.18. The molecule has 5 nitrogen and oxygen atoms in total. The van der Waals surface area contributed by atoms with E-state index >= 15 is 0 Å². The number of hydrogen-bond acceptors (Lipinski definition) is 4. The number of amides is 1. The molecule has 1 saturated heterocycles. The van der Waals surface area contributed by atoms with Crippen LogP contribution in [0.2, 0.25) is 0 Å². The molecule has 0 unspecified atom stereocenters. The van der Waals surface area contributed by atoms with Crippen LogP contribution in [-0.4, -0.2) is 30.6 Å². The second-order valence-corrected chi connectivity index (χ2v) is 3.49. The number of rotatable bonds is 1. The summed E-state index contributed by atoms with van der Waals surface area (Å²) < 4.78 is 5.05. The average Bonchev–Trinajstić information content (AvgIpc) is 2.23. The third-order valence-corrected chi connectivity index (χ3v) is 2.40. The zero-order valence-corrected chi connectivity index (χ0v) is 8.56. The molecule has 1 aliphatic rings. The molecule has 2 rings (SSSR count). The van der Waals surface area contributed by atoms with Gasteiger partial charge in [-0.1, -0.05) is 0 Å². The van der Waals surface area contributed by atoms with E-state index in [-0.39, 0.29) is 12.5 Å².